The highest BCUT2D eigenvalue weighted by Gasteiger charge is 2.22. The molecule has 284 valence electrons. The third-order valence-electron chi connectivity index (χ3n) is 9.86. The van der Waals surface area contributed by atoms with Gasteiger partial charge in [0.05, 0.1) is 61.9 Å². The van der Waals surface area contributed by atoms with E-state index in [4.69, 9.17) is 19.2 Å². The first kappa shape index (κ1) is 37.7. The van der Waals surface area contributed by atoms with Gasteiger partial charge in [0.2, 0.25) is 0 Å². The fourth-order valence-corrected chi connectivity index (χ4v) is 7.61. The molecule has 0 aliphatic carbocycles. The molecule has 0 bridgehead atoms. The fourth-order valence-electron chi connectivity index (χ4n) is 7.24. The summed E-state index contributed by atoms with van der Waals surface area (Å²) >= 11 is 1.48. The molecule has 13 heteroatoms. The van der Waals surface area contributed by atoms with E-state index >= 15 is 0 Å². The normalized spacial score (nSPS) is 11.2. The number of hydrogen-bond acceptors (Lipinski definition) is 9. The van der Waals surface area contributed by atoms with Crippen LogP contribution in [0.25, 0.3) is 55.1 Å². The number of ether oxygens (including phenoxy) is 3. The van der Waals surface area contributed by atoms with E-state index in [2.05, 4.69) is 14.5 Å². The maximum absolute atomic E-state index is 11.5. The molecule has 0 radical (unpaired) electrons. The highest BCUT2D eigenvalue weighted by atomic mass is 32.2. The van der Waals surface area contributed by atoms with Crippen LogP contribution >= 0.6 is 11.8 Å². The second kappa shape index (κ2) is 15.6. The summed E-state index contributed by atoms with van der Waals surface area (Å²) in [6.07, 6.45) is 3.57. The number of carboxylic acid groups (broad SMARTS) is 2. The lowest BCUT2D eigenvalue weighted by Gasteiger charge is -2.13. The van der Waals surface area contributed by atoms with Gasteiger partial charge in [-0.25, -0.2) is 9.97 Å². The third-order valence-corrected chi connectivity index (χ3v) is 10.4. The summed E-state index contributed by atoms with van der Waals surface area (Å²) in [4.78, 5) is 36.8. The van der Waals surface area contributed by atoms with E-state index in [1.54, 1.807) is 27.5 Å². The molecule has 0 aliphatic rings. The number of carbonyl (C=O) groups is 2. The molecule has 8 rings (SSSR count). The lowest BCUT2D eigenvalue weighted by atomic mass is 10.1. The maximum atomic E-state index is 11.5. The first-order chi connectivity index (χ1) is 27.1. The van der Waals surface area contributed by atoms with Gasteiger partial charge in [-0.05, 0) is 104 Å². The first-order valence-electron chi connectivity index (χ1n) is 17.6. The van der Waals surface area contributed by atoms with Crippen molar-refractivity contribution in [2.75, 3.05) is 27.6 Å². The van der Waals surface area contributed by atoms with Crippen LogP contribution in [0.1, 0.15) is 22.5 Å². The number of methoxy groups -OCH3 is 3. The van der Waals surface area contributed by atoms with E-state index in [1.807, 2.05) is 110 Å². The van der Waals surface area contributed by atoms with Crippen molar-refractivity contribution in [3.05, 3.63) is 114 Å². The van der Waals surface area contributed by atoms with E-state index in [0.29, 0.717) is 16.7 Å². The molecule has 4 aromatic carbocycles. The highest BCUT2D eigenvalue weighted by Crippen LogP contribution is 2.36. The molecule has 56 heavy (non-hydrogen) atoms. The smallest absolute Gasteiger partial charge is 0.307 e. The van der Waals surface area contributed by atoms with Crippen molar-refractivity contribution < 1.29 is 34.0 Å². The predicted octanol–water partition coefficient (Wildman–Crippen LogP) is 8.37. The summed E-state index contributed by atoms with van der Waals surface area (Å²) in [6, 6.07) is 27.0. The molecule has 0 saturated carbocycles. The van der Waals surface area contributed by atoms with Gasteiger partial charge in [-0.1, -0.05) is 23.9 Å². The molecule has 4 heterocycles. The van der Waals surface area contributed by atoms with Gasteiger partial charge in [-0.2, -0.15) is 0 Å². The molecule has 4 aromatic heterocycles. The van der Waals surface area contributed by atoms with Crippen LogP contribution in [0.4, 0.5) is 0 Å². The second-order valence-corrected chi connectivity index (χ2v) is 13.7. The predicted molar refractivity (Wildman–Crippen MR) is 219 cm³/mol. The van der Waals surface area contributed by atoms with E-state index in [0.717, 1.165) is 83.4 Å². The van der Waals surface area contributed by atoms with Crippen LogP contribution in [0.5, 0.6) is 17.2 Å². The van der Waals surface area contributed by atoms with E-state index in [1.165, 1.54) is 11.8 Å². The van der Waals surface area contributed by atoms with Crippen LogP contribution in [-0.2, 0) is 22.4 Å². The molecule has 0 fully saturated rings. The number of hydrogen-bond donors (Lipinski definition) is 2. The highest BCUT2D eigenvalue weighted by molar-refractivity contribution is 7.98. The molecule has 12 nitrogen and oxygen atoms in total. The lowest BCUT2D eigenvalue weighted by Crippen LogP contribution is -2.05. The molecule has 0 unspecified atom stereocenters. The molecule has 2 N–H and O–H groups in total. The minimum Gasteiger partial charge on any atom is -0.497 e. The Balaban J connectivity index is 0.000000172. The number of pyridine rings is 1. The van der Waals surface area contributed by atoms with Crippen molar-refractivity contribution in [1.29, 1.82) is 0 Å². The van der Waals surface area contributed by atoms with Gasteiger partial charge in [-0.3, -0.25) is 19.1 Å². The Hall–Kier alpha value is -6.60. The molecule has 0 atom stereocenters. The van der Waals surface area contributed by atoms with Gasteiger partial charge >= 0.3 is 11.9 Å². The zero-order chi connectivity index (χ0) is 39.7. The summed E-state index contributed by atoms with van der Waals surface area (Å²) in [5.74, 6) is 1.13. The average Bonchev–Trinajstić information content (AvgIpc) is 3.63. The SMILES string of the molecule is COc1ccc2c(c1)c(CC(=O)O)c(C)n2-c1nc(SC)nc2ccccc12.COc1ccc2nccc(-n3c(C)c(CC(=O)O)c4cc(OC)ccc43)c2c1. The molecule has 0 amide bonds. The standard InChI is InChI=1S/C22H20N2O4.C21H19N3O3S/c1-13-16(12-22(25)26)17-10-15(28-3)5-7-20(17)24(13)21-8-9-23-19-6-4-14(27-2)11-18(19)21;1-12-15(11-19(25)26)16-10-13(27-2)8-9-18(16)24(12)20-14-6-4-5-7-17(14)22-21(23-20)28-3/h4-11H,12H2,1-3H3,(H,25,26);4-10H,11H2,1-3H3,(H,25,26). The Morgan fingerprint density at radius 1 is 0.643 bits per heavy atom. The zero-order valence-corrected chi connectivity index (χ0v) is 32.5. The summed E-state index contributed by atoms with van der Waals surface area (Å²) in [5.41, 5.74) is 7.69. The van der Waals surface area contributed by atoms with Crippen LogP contribution in [0.3, 0.4) is 0 Å². The number of fused-ring (bicyclic) bond motifs is 4. The van der Waals surface area contributed by atoms with Gasteiger partial charge < -0.3 is 29.0 Å². The number of aliphatic carboxylic acids is 2. The van der Waals surface area contributed by atoms with Gasteiger partial charge in [0, 0.05) is 39.1 Å². The van der Waals surface area contributed by atoms with Gasteiger partial charge in [0.25, 0.3) is 0 Å². The number of para-hydroxylation sites is 1. The molecule has 0 spiro atoms. The largest absolute Gasteiger partial charge is 0.497 e. The van der Waals surface area contributed by atoms with Crippen LogP contribution < -0.4 is 14.2 Å². The van der Waals surface area contributed by atoms with Crippen LogP contribution in [0.2, 0.25) is 0 Å². The Morgan fingerprint density at radius 3 is 1.75 bits per heavy atom. The van der Waals surface area contributed by atoms with Gasteiger partial charge in [0.15, 0.2) is 5.16 Å². The van der Waals surface area contributed by atoms with Crippen molar-refractivity contribution in [3.8, 4) is 28.8 Å². The minimum absolute atomic E-state index is 0.0607. The van der Waals surface area contributed by atoms with Gasteiger partial charge in [0.1, 0.15) is 23.1 Å². The van der Waals surface area contributed by atoms with E-state index in [9.17, 15) is 19.8 Å². The number of carboxylic acids is 2. The van der Waals surface area contributed by atoms with Crippen LogP contribution in [0.15, 0.2) is 96.3 Å². The number of nitrogens with zero attached hydrogens (tertiary/aromatic N) is 5. The Morgan fingerprint density at radius 2 is 1.18 bits per heavy atom. The quantitative estimate of drug-likeness (QED) is 0.102. The number of aromatic nitrogens is 5. The lowest BCUT2D eigenvalue weighted by molar-refractivity contribution is -0.137. The molecular weight excluding hydrogens is 731 g/mol. The van der Waals surface area contributed by atoms with Crippen molar-refractivity contribution >= 4 is 67.3 Å². The Bertz CT molecular complexity index is 2810. The molecule has 0 aliphatic heterocycles. The van der Waals surface area contributed by atoms with Crippen molar-refractivity contribution in [1.82, 2.24) is 24.1 Å². The van der Waals surface area contributed by atoms with Crippen molar-refractivity contribution in [2.24, 2.45) is 0 Å². The molecule has 8 aromatic rings. The summed E-state index contributed by atoms with van der Waals surface area (Å²) < 4.78 is 20.2. The van der Waals surface area contributed by atoms with Crippen LogP contribution in [-0.4, -0.2) is 73.8 Å². The van der Waals surface area contributed by atoms with E-state index < -0.39 is 11.9 Å². The third kappa shape index (κ3) is 6.92. The van der Waals surface area contributed by atoms with Gasteiger partial charge in [-0.15, -0.1) is 0 Å². The average molecular weight is 770 g/mol. The number of rotatable bonds is 10. The number of thioether (sulfide) groups is 1. The Kier molecular flexibility index (Phi) is 10.5. The first-order valence-corrected chi connectivity index (χ1v) is 18.8. The Labute approximate surface area is 326 Å². The summed E-state index contributed by atoms with van der Waals surface area (Å²) in [5, 5.41) is 23.1. The summed E-state index contributed by atoms with van der Waals surface area (Å²) in [7, 11) is 4.83. The van der Waals surface area contributed by atoms with Crippen LogP contribution in [0, 0.1) is 13.8 Å². The molecule has 0 saturated heterocycles. The second-order valence-electron chi connectivity index (χ2n) is 13.0. The monoisotopic (exact) mass is 769 g/mol. The number of benzene rings is 4. The zero-order valence-electron chi connectivity index (χ0n) is 31.7. The molecular formula is C43H39N5O7S. The van der Waals surface area contributed by atoms with Crippen molar-refractivity contribution in [3.63, 3.8) is 0 Å². The summed E-state index contributed by atoms with van der Waals surface area (Å²) in [6.45, 7) is 3.87. The maximum Gasteiger partial charge on any atom is 0.307 e. The topological polar surface area (TPSA) is 151 Å². The minimum atomic E-state index is -0.873. The van der Waals surface area contributed by atoms with Crippen molar-refractivity contribution in [2.45, 2.75) is 31.8 Å². The van der Waals surface area contributed by atoms with E-state index in [-0.39, 0.29) is 12.8 Å². The fraction of sp³-hybridized carbons (Fsp3) is 0.186.